The number of thioether (sulfide) groups is 1. The molecule has 1 aliphatic heterocycles. The molecule has 7 nitrogen and oxygen atoms in total. The fraction of sp³-hybridized carbons (Fsp3) is 0.421. The average Bonchev–Trinajstić information content (AvgIpc) is 3.04. The van der Waals surface area contributed by atoms with E-state index in [9.17, 15) is 4.79 Å². The lowest BCUT2D eigenvalue weighted by Gasteiger charge is -2.28. The van der Waals surface area contributed by atoms with E-state index in [-0.39, 0.29) is 5.97 Å². The van der Waals surface area contributed by atoms with Crippen molar-refractivity contribution in [2.45, 2.75) is 38.9 Å². The van der Waals surface area contributed by atoms with Crippen LogP contribution in [0.25, 0.3) is 0 Å². The lowest BCUT2D eigenvalue weighted by molar-refractivity contribution is -0.139. The lowest BCUT2D eigenvalue weighted by Crippen LogP contribution is -2.29. The second-order valence-electron chi connectivity index (χ2n) is 5.88. The monoisotopic (exact) mass is 388 g/mol. The fourth-order valence-corrected chi connectivity index (χ4v) is 3.57. The van der Waals surface area contributed by atoms with Gasteiger partial charge in [-0.2, -0.15) is 4.98 Å². The van der Waals surface area contributed by atoms with E-state index in [0.717, 1.165) is 22.8 Å². The van der Waals surface area contributed by atoms with Crippen LogP contribution in [0.4, 0.5) is 5.95 Å². The highest BCUT2D eigenvalue weighted by Crippen LogP contribution is 2.37. The normalized spacial score (nSPS) is 15.9. The smallest absolute Gasteiger partial charge is 0.338 e. The minimum atomic E-state index is -0.408. The number of allylic oxidation sites excluding steroid dienone is 1. The Morgan fingerprint density at radius 3 is 2.59 bits per heavy atom. The van der Waals surface area contributed by atoms with Crippen LogP contribution in [-0.2, 0) is 9.53 Å². The SMILES string of the molecule is CCOC(=O)C1=C(C)Nc2nc(SCC)nn2C1c1ccc(OCC)cc1. The fourth-order valence-electron chi connectivity index (χ4n) is 3.02. The molecule has 3 rings (SSSR count). The van der Waals surface area contributed by atoms with Crippen LogP contribution >= 0.6 is 11.8 Å². The molecule has 27 heavy (non-hydrogen) atoms. The number of carbonyl (C=O) groups excluding carboxylic acids is 1. The van der Waals surface area contributed by atoms with E-state index in [1.54, 1.807) is 23.4 Å². The van der Waals surface area contributed by atoms with Crippen molar-refractivity contribution in [2.24, 2.45) is 0 Å². The van der Waals surface area contributed by atoms with Crippen molar-refractivity contribution in [1.82, 2.24) is 14.8 Å². The van der Waals surface area contributed by atoms with E-state index in [4.69, 9.17) is 9.47 Å². The van der Waals surface area contributed by atoms with Crippen LogP contribution in [0.1, 0.15) is 39.3 Å². The molecule has 1 atom stereocenters. The van der Waals surface area contributed by atoms with Gasteiger partial charge < -0.3 is 14.8 Å². The summed E-state index contributed by atoms with van der Waals surface area (Å²) in [5, 5.41) is 8.48. The molecule has 1 N–H and O–H groups in total. The third kappa shape index (κ3) is 3.95. The van der Waals surface area contributed by atoms with Gasteiger partial charge in [-0.15, -0.1) is 5.10 Å². The van der Waals surface area contributed by atoms with Crippen molar-refractivity contribution in [2.75, 3.05) is 24.3 Å². The maximum Gasteiger partial charge on any atom is 0.338 e. The van der Waals surface area contributed by atoms with Crippen molar-refractivity contribution in [3.8, 4) is 5.75 Å². The minimum absolute atomic E-state index is 0.312. The molecule has 0 bridgehead atoms. The molecule has 0 amide bonds. The Bertz CT molecular complexity index is 845. The van der Waals surface area contributed by atoms with Gasteiger partial charge in [0, 0.05) is 5.70 Å². The van der Waals surface area contributed by atoms with Crippen molar-refractivity contribution < 1.29 is 14.3 Å². The quantitative estimate of drug-likeness (QED) is 0.573. The molecule has 8 heteroatoms. The van der Waals surface area contributed by atoms with Gasteiger partial charge in [-0.3, -0.25) is 0 Å². The summed E-state index contributed by atoms with van der Waals surface area (Å²) in [5.74, 6) is 1.92. The van der Waals surface area contributed by atoms with Gasteiger partial charge in [0.1, 0.15) is 11.8 Å². The van der Waals surface area contributed by atoms with E-state index in [1.165, 1.54) is 0 Å². The van der Waals surface area contributed by atoms with Gasteiger partial charge in [0.15, 0.2) is 0 Å². The van der Waals surface area contributed by atoms with E-state index in [0.29, 0.717) is 29.9 Å². The Morgan fingerprint density at radius 2 is 1.96 bits per heavy atom. The van der Waals surface area contributed by atoms with Crippen LogP contribution in [0, 0.1) is 0 Å². The average molecular weight is 388 g/mol. The first-order valence-corrected chi connectivity index (χ1v) is 10.0. The molecule has 2 aromatic rings. The van der Waals surface area contributed by atoms with Crippen LogP contribution in [0.5, 0.6) is 5.75 Å². The third-order valence-corrected chi connectivity index (χ3v) is 4.83. The van der Waals surface area contributed by atoms with Gasteiger partial charge in [0.05, 0.1) is 18.8 Å². The number of anilines is 1. The van der Waals surface area contributed by atoms with Gasteiger partial charge in [-0.05, 0) is 44.2 Å². The summed E-state index contributed by atoms with van der Waals surface area (Å²) in [4.78, 5) is 17.2. The first-order chi connectivity index (χ1) is 13.1. The zero-order valence-corrected chi connectivity index (χ0v) is 16.8. The predicted octanol–water partition coefficient (Wildman–Crippen LogP) is 3.64. The van der Waals surface area contributed by atoms with Crippen LogP contribution in [-0.4, -0.2) is 39.7 Å². The molecular formula is C19H24N4O3S. The third-order valence-electron chi connectivity index (χ3n) is 4.11. The van der Waals surface area contributed by atoms with Crippen molar-refractivity contribution >= 4 is 23.7 Å². The van der Waals surface area contributed by atoms with Gasteiger partial charge in [0.2, 0.25) is 11.1 Å². The van der Waals surface area contributed by atoms with Crippen molar-refractivity contribution in [1.29, 1.82) is 0 Å². The van der Waals surface area contributed by atoms with Crippen molar-refractivity contribution in [3.63, 3.8) is 0 Å². The number of nitrogens with one attached hydrogen (secondary N) is 1. The summed E-state index contributed by atoms with van der Waals surface area (Å²) in [7, 11) is 0. The summed E-state index contributed by atoms with van der Waals surface area (Å²) >= 11 is 1.56. The Kier molecular flexibility index (Phi) is 6.05. The highest BCUT2D eigenvalue weighted by atomic mass is 32.2. The highest BCUT2D eigenvalue weighted by molar-refractivity contribution is 7.99. The van der Waals surface area contributed by atoms with E-state index in [2.05, 4.69) is 22.3 Å². The lowest BCUT2D eigenvalue weighted by atomic mass is 9.96. The second-order valence-corrected chi connectivity index (χ2v) is 7.12. The second kappa shape index (κ2) is 8.47. The van der Waals surface area contributed by atoms with E-state index >= 15 is 0 Å². The van der Waals surface area contributed by atoms with Gasteiger partial charge in [-0.25, -0.2) is 9.48 Å². The molecule has 0 aliphatic carbocycles. The number of benzene rings is 1. The number of hydrogen-bond acceptors (Lipinski definition) is 7. The molecule has 1 unspecified atom stereocenters. The first kappa shape index (κ1) is 19.3. The molecule has 1 aromatic carbocycles. The summed E-state index contributed by atoms with van der Waals surface area (Å²) < 4.78 is 12.6. The van der Waals surface area contributed by atoms with Crippen molar-refractivity contribution in [3.05, 3.63) is 41.1 Å². The standard InChI is InChI=1S/C19H24N4O3S/c1-5-25-14-10-8-13(9-11-14)16-15(17(24)26-6-2)12(4)20-18-21-19(27-7-3)22-23(16)18/h8-11,16H,5-7H2,1-4H3,(H,20,21,22). The zero-order chi connectivity index (χ0) is 19.4. The molecular weight excluding hydrogens is 364 g/mol. The molecule has 0 saturated carbocycles. The van der Waals surface area contributed by atoms with Crippen LogP contribution in [0.2, 0.25) is 0 Å². The largest absolute Gasteiger partial charge is 0.494 e. The topological polar surface area (TPSA) is 78.3 Å². The van der Waals surface area contributed by atoms with Gasteiger partial charge in [0.25, 0.3) is 0 Å². The first-order valence-electron chi connectivity index (χ1n) is 9.06. The maximum atomic E-state index is 12.7. The molecule has 144 valence electrons. The summed E-state index contributed by atoms with van der Waals surface area (Å²) in [6.07, 6.45) is 0. The van der Waals surface area contributed by atoms with Crippen LogP contribution < -0.4 is 10.1 Å². The van der Waals surface area contributed by atoms with Gasteiger partial charge >= 0.3 is 5.97 Å². The molecule has 2 heterocycles. The summed E-state index contributed by atoms with van der Waals surface area (Å²) in [5.41, 5.74) is 2.17. The van der Waals surface area contributed by atoms with E-state index < -0.39 is 6.04 Å². The number of esters is 1. The Labute approximate surface area is 163 Å². The molecule has 1 aromatic heterocycles. The number of nitrogens with zero attached hydrogens (tertiary/aromatic N) is 3. The maximum absolute atomic E-state index is 12.7. The Morgan fingerprint density at radius 1 is 1.22 bits per heavy atom. The Balaban J connectivity index is 2.07. The number of hydrogen-bond donors (Lipinski definition) is 1. The number of fused-ring (bicyclic) bond motifs is 1. The summed E-state index contributed by atoms with van der Waals surface area (Å²) in [6.45, 7) is 8.57. The van der Waals surface area contributed by atoms with Crippen LogP contribution in [0.15, 0.2) is 40.7 Å². The Hall–Kier alpha value is -2.48. The number of rotatable bonds is 7. The molecule has 0 spiro atoms. The molecule has 0 fully saturated rings. The van der Waals surface area contributed by atoms with E-state index in [1.807, 2.05) is 38.1 Å². The number of carbonyl (C=O) groups is 1. The number of ether oxygens (including phenoxy) is 2. The zero-order valence-electron chi connectivity index (χ0n) is 16.0. The van der Waals surface area contributed by atoms with Gasteiger partial charge in [-0.1, -0.05) is 30.8 Å². The van der Waals surface area contributed by atoms with Crippen LogP contribution in [0.3, 0.4) is 0 Å². The minimum Gasteiger partial charge on any atom is -0.494 e. The molecule has 1 aliphatic rings. The predicted molar refractivity (Wildman–Crippen MR) is 105 cm³/mol. The number of aromatic nitrogens is 3. The molecule has 0 saturated heterocycles. The molecule has 0 radical (unpaired) electrons. The highest BCUT2D eigenvalue weighted by Gasteiger charge is 2.35. The summed E-state index contributed by atoms with van der Waals surface area (Å²) in [6, 6.07) is 7.29.